The molecule has 1 nitrogen and oxygen atoms in total. The summed E-state index contributed by atoms with van der Waals surface area (Å²) in [5.74, 6) is 1.66. The Bertz CT molecular complexity index is 598. The van der Waals surface area contributed by atoms with E-state index >= 15 is 0 Å². The van der Waals surface area contributed by atoms with Crippen LogP contribution < -0.4 is 0 Å². The number of hydrogen-bond donors (Lipinski definition) is 0. The molecule has 0 aliphatic heterocycles. The third-order valence-electron chi connectivity index (χ3n) is 5.78. The predicted molar refractivity (Wildman–Crippen MR) is 80.9 cm³/mol. The van der Waals surface area contributed by atoms with Crippen molar-refractivity contribution < 1.29 is 4.79 Å². The van der Waals surface area contributed by atoms with Crippen molar-refractivity contribution in [3.05, 3.63) is 47.0 Å². The number of allylic oxidation sites excluding steroid dienone is 2. The first-order valence-corrected chi connectivity index (χ1v) is 8.08. The number of rotatable bonds is 2. The van der Waals surface area contributed by atoms with E-state index in [1.807, 2.05) is 0 Å². The van der Waals surface area contributed by atoms with Gasteiger partial charge in [-0.3, -0.25) is 4.79 Å². The molecule has 3 aliphatic carbocycles. The summed E-state index contributed by atoms with van der Waals surface area (Å²) in [6.07, 6.45) is 11.3. The lowest BCUT2D eigenvalue weighted by atomic mass is 9.63. The van der Waals surface area contributed by atoms with Crippen molar-refractivity contribution in [1.29, 1.82) is 0 Å². The second-order valence-electron chi connectivity index (χ2n) is 6.88. The van der Waals surface area contributed by atoms with E-state index in [1.54, 1.807) is 0 Å². The molecule has 0 aromatic heterocycles. The molecule has 1 aromatic carbocycles. The SMILES string of the molecule is CCCc1cccc2c1C(=O)C1(CC2)CC2C=CC1C2. The highest BCUT2D eigenvalue weighted by atomic mass is 16.1. The first-order chi connectivity index (χ1) is 9.74. The van der Waals surface area contributed by atoms with Crippen LogP contribution in [0, 0.1) is 17.3 Å². The number of carbonyl (C=O) groups excluding carboxylic acids is 1. The maximum Gasteiger partial charge on any atom is 0.170 e. The maximum atomic E-state index is 13.3. The Morgan fingerprint density at radius 2 is 2.20 bits per heavy atom. The summed E-state index contributed by atoms with van der Waals surface area (Å²) in [4.78, 5) is 13.3. The number of fused-ring (bicyclic) bond motifs is 4. The summed E-state index contributed by atoms with van der Waals surface area (Å²) in [5.41, 5.74) is 3.65. The van der Waals surface area contributed by atoms with Crippen LogP contribution in [0.15, 0.2) is 30.4 Å². The monoisotopic (exact) mass is 266 g/mol. The minimum Gasteiger partial charge on any atom is -0.294 e. The molecule has 20 heavy (non-hydrogen) atoms. The molecule has 3 atom stereocenters. The van der Waals surface area contributed by atoms with Crippen LogP contribution in [0.5, 0.6) is 0 Å². The first kappa shape index (κ1) is 12.4. The fraction of sp³-hybridized carbons (Fsp3) is 0.526. The van der Waals surface area contributed by atoms with E-state index in [-0.39, 0.29) is 5.41 Å². The van der Waals surface area contributed by atoms with E-state index < -0.39 is 0 Å². The average molecular weight is 266 g/mol. The zero-order valence-corrected chi connectivity index (χ0v) is 12.2. The van der Waals surface area contributed by atoms with E-state index in [4.69, 9.17) is 0 Å². The fourth-order valence-corrected chi connectivity index (χ4v) is 4.85. The molecule has 0 heterocycles. The van der Waals surface area contributed by atoms with Gasteiger partial charge in [0, 0.05) is 11.0 Å². The topological polar surface area (TPSA) is 17.1 Å². The summed E-state index contributed by atoms with van der Waals surface area (Å²) in [6, 6.07) is 6.47. The third kappa shape index (κ3) is 1.52. The fourth-order valence-electron chi connectivity index (χ4n) is 4.85. The Labute approximate surface area is 121 Å². The smallest absolute Gasteiger partial charge is 0.170 e. The number of ketones is 1. The predicted octanol–water partition coefficient (Wildman–Crippen LogP) is 4.35. The van der Waals surface area contributed by atoms with Crippen molar-refractivity contribution >= 4 is 5.78 Å². The zero-order chi connectivity index (χ0) is 13.7. The van der Waals surface area contributed by atoms with Crippen molar-refractivity contribution in [2.75, 3.05) is 0 Å². The van der Waals surface area contributed by atoms with Crippen molar-refractivity contribution in [3.63, 3.8) is 0 Å². The average Bonchev–Trinajstić information content (AvgIpc) is 3.05. The second kappa shape index (κ2) is 4.31. The zero-order valence-electron chi connectivity index (χ0n) is 12.2. The highest BCUT2D eigenvalue weighted by molar-refractivity contribution is 6.04. The largest absolute Gasteiger partial charge is 0.294 e. The number of hydrogen-bond acceptors (Lipinski definition) is 1. The molecule has 1 heteroatoms. The normalized spacial score (nSPS) is 34.0. The lowest BCUT2D eigenvalue weighted by Gasteiger charge is -2.39. The molecule has 1 aromatic rings. The molecule has 1 saturated carbocycles. The van der Waals surface area contributed by atoms with Crippen molar-refractivity contribution in [3.8, 4) is 0 Å². The summed E-state index contributed by atoms with van der Waals surface area (Å²) in [7, 11) is 0. The van der Waals surface area contributed by atoms with Crippen LogP contribution in [-0.2, 0) is 12.8 Å². The molecule has 1 fully saturated rings. The Morgan fingerprint density at radius 1 is 1.30 bits per heavy atom. The Kier molecular flexibility index (Phi) is 2.67. The van der Waals surface area contributed by atoms with Gasteiger partial charge < -0.3 is 0 Å². The molecule has 1 spiro atoms. The third-order valence-corrected chi connectivity index (χ3v) is 5.78. The highest BCUT2D eigenvalue weighted by Gasteiger charge is 2.54. The molecule has 0 radical (unpaired) electrons. The van der Waals surface area contributed by atoms with Gasteiger partial charge in [0.15, 0.2) is 5.78 Å². The van der Waals surface area contributed by atoms with Gasteiger partial charge in [-0.25, -0.2) is 0 Å². The van der Waals surface area contributed by atoms with Crippen molar-refractivity contribution in [2.45, 2.75) is 45.4 Å². The summed E-state index contributed by atoms with van der Waals surface area (Å²) in [6.45, 7) is 2.20. The van der Waals surface area contributed by atoms with Crippen LogP contribution in [0.25, 0.3) is 0 Å². The highest BCUT2D eigenvalue weighted by Crippen LogP contribution is 2.57. The molecule has 0 saturated heterocycles. The van der Waals surface area contributed by atoms with E-state index in [2.05, 4.69) is 37.3 Å². The van der Waals surface area contributed by atoms with Crippen LogP contribution >= 0.6 is 0 Å². The lowest BCUT2D eigenvalue weighted by molar-refractivity contribution is 0.0701. The molecule has 4 rings (SSSR count). The first-order valence-electron chi connectivity index (χ1n) is 8.08. The standard InChI is InChI=1S/C19H22O/c1-2-4-14-5-3-6-15-9-10-19(18(20)17(14)15)12-13-7-8-16(19)11-13/h3,5-8,13,16H,2,4,9-12H2,1H3. The van der Waals surface area contributed by atoms with Crippen LogP contribution in [0.4, 0.5) is 0 Å². The van der Waals surface area contributed by atoms with Gasteiger partial charge in [-0.1, -0.05) is 43.7 Å². The van der Waals surface area contributed by atoms with Gasteiger partial charge in [-0.15, -0.1) is 0 Å². The molecule has 0 amide bonds. The molecule has 3 aliphatic rings. The Hall–Kier alpha value is -1.37. The van der Waals surface area contributed by atoms with Crippen LogP contribution in [0.3, 0.4) is 0 Å². The van der Waals surface area contributed by atoms with Crippen molar-refractivity contribution in [2.24, 2.45) is 17.3 Å². The van der Waals surface area contributed by atoms with E-state index in [1.165, 1.54) is 17.5 Å². The number of benzene rings is 1. The summed E-state index contributed by atoms with van der Waals surface area (Å²) < 4.78 is 0. The molecular formula is C19H22O. The quantitative estimate of drug-likeness (QED) is 0.727. The van der Waals surface area contributed by atoms with Crippen LogP contribution in [0.2, 0.25) is 0 Å². The molecule has 104 valence electrons. The lowest BCUT2D eigenvalue weighted by Crippen LogP contribution is -2.40. The van der Waals surface area contributed by atoms with Gasteiger partial charge in [0.25, 0.3) is 0 Å². The Balaban J connectivity index is 1.81. The van der Waals surface area contributed by atoms with Gasteiger partial charge in [0.05, 0.1) is 0 Å². The van der Waals surface area contributed by atoms with E-state index in [9.17, 15) is 4.79 Å². The summed E-state index contributed by atoms with van der Waals surface area (Å²) >= 11 is 0. The number of carbonyl (C=O) groups is 1. The van der Waals surface area contributed by atoms with E-state index in [0.29, 0.717) is 17.6 Å². The minimum atomic E-state index is -0.0454. The maximum absolute atomic E-state index is 13.3. The molecule has 3 unspecified atom stereocenters. The number of aryl methyl sites for hydroxylation is 2. The van der Waals surface area contributed by atoms with Gasteiger partial charge >= 0.3 is 0 Å². The van der Waals surface area contributed by atoms with Gasteiger partial charge in [-0.2, -0.15) is 0 Å². The molecule has 0 N–H and O–H groups in total. The minimum absolute atomic E-state index is 0.0454. The molecular weight excluding hydrogens is 244 g/mol. The van der Waals surface area contributed by atoms with Gasteiger partial charge in [-0.05, 0) is 55.1 Å². The molecule has 2 bridgehead atoms. The second-order valence-corrected chi connectivity index (χ2v) is 6.88. The van der Waals surface area contributed by atoms with Crippen LogP contribution in [0.1, 0.15) is 54.1 Å². The van der Waals surface area contributed by atoms with Gasteiger partial charge in [0.1, 0.15) is 0 Å². The van der Waals surface area contributed by atoms with E-state index in [0.717, 1.165) is 37.7 Å². The van der Waals surface area contributed by atoms with Crippen molar-refractivity contribution in [1.82, 2.24) is 0 Å². The Morgan fingerprint density at radius 3 is 2.90 bits per heavy atom. The van der Waals surface area contributed by atoms with Gasteiger partial charge in [0.2, 0.25) is 0 Å². The van der Waals surface area contributed by atoms with Crippen LogP contribution in [-0.4, -0.2) is 5.78 Å². The summed E-state index contributed by atoms with van der Waals surface area (Å²) in [5, 5.41) is 0. The number of Topliss-reactive ketones (excluding diaryl/α,β-unsaturated/α-hetero) is 1.